The van der Waals surface area contributed by atoms with Gasteiger partial charge in [-0.25, -0.2) is 9.97 Å². The summed E-state index contributed by atoms with van der Waals surface area (Å²) in [5.74, 6) is 1.33. The van der Waals surface area contributed by atoms with Crippen molar-refractivity contribution in [3.05, 3.63) is 82.8 Å². The van der Waals surface area contributed by atoms with E-state index in [-0.39, 0.29) is 5.91 Å². The molecule has 144 valence electrons. The number of rotatable bonds is 6. The number of hydrogen-bond acceptors (Lipinski definition) is 4. The van der Waals surface area contributed by atoms with E-state index in [1.54, 1.807) is 13.0 Å². The Hall–Kier alpha value is -3.21. The van der Waals surface area contributed by atoms with Crippen molar-refractivity contribution < 1.29 is 4.79 Å². The Morgan fingerprint density at radius 2 is 1.71 bits per heavy atom. The highest BCUT2D eigenvalue weighted by Gasteiger charge is 2.12. The fourth-order valence-electron chi connectivity index (χ4n) is 3.07. The predicted octanol–water partition coefficient (Wildman–Crippen LogP) is 4.89. The molecule has 0 radical (unpaired) electrons. The van der Waals surface area contributed by atoms with Gasteiger partial charge in [-0.3, -0.25) is 4.79 Å². The van der Waals surface area contributed by atoms with E-state index in [1.165, 1.54) is 5.56 Å². The second-order valence-corrected chi connectivity index (χ2v) is 7.16. The molecule has 0 bridgehead atoms. The van der Waals surface area contributed by atoms with E-state index in [4.69, 9.17) is 0 Å². The van der Waals surface area contributed by atoms with Crippen molar-refractivity contribution in [3.63, 3.8) is 0 Å². The Bertz CT molecular complexity index is 982. The van der Waals surface area contributed by atoms with Crippen LogP contribution in [-0.4, -0.2) is 15.9 Å². The van der Waals surface area contributed by atoms with Gasteiger partial charge in [-0.1, -0.05) is 56.3 Å². The molecule has 28 heavy (non-hydrogen) atoms. The molecule has 2 N–H and O–H groups in total. The highest BCUT2D eigenvalue weighted by Crippen LogP contribution is 2.26. The first-order valence-corrected chi connectivity index (χ1v) is 9.48. The minimum atomic E-state index is -0.214. The second kappa shape index (κ2) is 8.65. The Morgan fingerprint density at radius 3 is 2.46 bits per heavy atom. The summed E-state index contributed by atoms with van der Waals surface area (Å²) < 4.78 is 0. The fraction of sp³-hybridized carbons (Fsp3) is 0.261. The van der Waals surface area contributed by atoms with Crippen LogP contribution in [0, 0.1) is 13.8 Å². The third-order valence-electron chi connectivity index (χ3n) is 4.62. The van der Waals surface area contributed by atoms with Crippen LogP contribution < -0.4 is 10.6 Å². The minimum absolute atomic E-state index is 0.214. The Kier molecular flexibility index (Phi) is 6.04. The lowest BCUT2D eigenvalue weighted by Gasteiger charge is -2.15. The summed E-state index contributed by atoms with van der Waals surface area (Å²) in [5.41, 5.74) is 4.77. The van der Waals surface area contributed by atoms with Crippen LogP contribution in [0.3, 0.4) is 0 Å². The van der Waals surface area contributed by atoms with Gasteiger partial charge in [-0.2, -0.15) is 0 Å². The van der Waals surface area contributed by atoms with Gasteiger partial charge in [0.2, 0.25) is 0 Å². The average Bonchev–Trinajstić information content (AvgIpc) is 2.67. The van der Waals surface area contributed by atoms with Crippen LogP contribution in [0.2, 0.25) is 0 Å². The molecule has 0 fully saturated rings. The maximum Gasteiger partial charge on any atom is 0.270 e. The number of benzene rings is 2. The molecule has 1 heterocycles. The van der Waals surface area contributed by atoms with Crippen molar-refractivity contribution in [2.24, 2.45) is 0 Å². The van der Waals surface area contributed by atoms with E-state index in [0.717, 1.165) is 16.8 Å². The molecule has 0 aliphatic heterocycles. The van der Waals surface area contributed by atoms with Crippen LogP contribution in [0.5, 0.6) is 0 Å². The molecular weight excluding hydrogens is 348 g/mol. The SMILES string of the molecule is Cc1nc(Nc2ccccc2C(C)C)cc(C(=O)NCc2ccccc2C)n1. The summed E-state index contributed by atoms with van der Waals surface area (Å²) in [6, 6.07) is 17.8. The third-order valence-corrected chi connectivity index (χ3v) is 4.62. The summed E-state index contributed by atoms with van der Waals surface area (Å²) in [6.07, 6.45) is 0. The molecule has 1 amide bonds. The predicted molar refractivity (Wildman–Crippen MR) is 113 cm³/mol. The topological polar surface area (TPSA) is 66.9 Å². The number of aromatic nitrogens is 2. The number of nitrogens with zero attached hydrogens (tertiary/aromatic N) is 2. The fourth-order valence-corrected chi connectivity index (χ4v) is 3.07. The van der Waals surface area contributed by atoms with Crippen molar-refractivity contribution >= 4 is 17.4 Å². The summed E-state index contributed by atoms with van der Waals surface area (Å²) in [6.45, 7) is 8.59. The molecule has 0 aliphatic rings. The van der Waals surface area contributed by atoms with Crippen molar-refractivity contribution in [2.75, 3.05) is 5.32 Å². The molecule has 0 aliphatic carbocycles. The van der Waals surface area contributed by atoms with Crippen molar-refractivity contribution in [1.29, 1.82) is 0 Å². The largest absolute Gasteiger partial charge is 0.347 e. The monoisotopic (exact) mass is 374 g/mol. The first-order valence-electron chi connectivity index (χ1n) is 9.48. The zero-order valence-corrected chi connectivity index (χ0v) is 16.8. The zero-order chi connectivity index (χ0) is 20.1. The number of amides is 1. The van der Waals surface area contributed by atoms with E-state index in [1.807, 2.05) is 49.4 Å². The van der Waals surface area contributed by atoms with Crippen molar-refractivity contribution in [3.8, 4) is 0 Å². The Morgan fingerprint density at radius 1 is 1.00 bits per heavy atom. The van der Waals surface area contributed by atoms with Gasteiger partial charge in [-0.15, -0.1) is 0 Å². The van der Waals surface area contributed by atoms with Crippen LogP contribution in [0.4, 0.5) is 11.5 Å². The summed E-state index contributed by atoms with van der Waals surface area (Å²) in [7, 11) is 0. The first-order chi connectivity index (χ1) is 13.4. The number of carbonyl (C=O) groups is 1. The van der Waals surface area contributed by atoms with Gasteiger partial charge < -0.3 is 10.6 Å². The summed E-state index contributed by atoms with van der Waals surface area (Å²) in [4.78, 5) is 21.4. The molecule has 0 unspecified atom stereocenters. The molecule has 0 saturated heterocycles. The van der Waals surface area contributed by atoms with Crippen molar-refractivity contribution in [2.45, 2.75) is 40.2 Å². The highest BCUT2D eigenvalue weighted by molar-refractivity contribution is 5.93. The van der Waals surface area contributed by atoms with Gasteiger partial charge in [0.25, 0.3) is 5.91 Å². The van der Waals surface area contributed by atoms with Gasteiger partial charge in [0.1, 0.15) is 17.3 Å². The third kappa shape index (κ3) is 4.74. The quantitative estimate of drug-likeness (QED) is 0.645. The average molecular weight is 374 g/mol. The van der Waals surface area contributed by atoms with Crippen molar-refractivity contribution in [1.82, 2.24) is 15.3 Å². The molecule has 0 atom stereocenters. The zero-order valence-electron chi connectivity index (χ0n) is 16.8. The van der Waals surface area contributed by atoms with E-state index in [9.17, 15) is 4.79 Å². The van der Waals surface area contributed by atoms with Gasteiger partial charge in [-0.05, 0) is 42.5 Å². The van der Waals surface area contributed by atoms with Crippen LogP contribution in [0.25, 0.3) is 0 Å². The van der Waals surface area contributed by atoms with Gasteiger partial charge in [0.05, 0.1) is 0 Å². The molecule has 5 nitrogen and oxygen atoms in total. The first kappa shape index (κ1) is 19.5. The molecule has 2 aromatic carbocycles. The minimum Gasteiger partial charge on any atom is -0.347 e. The molecule has 0 spiro atoms. The normalized spacial score (nSPS) is 10.8. The lowest BCUT2D eigenvalue weighted by Crippen LogP contribution is -2.24. The highest BCUT2D eigenvalue weighted by atomic mass is 16.1. The van der Waals surface area contributed by atoms with E-state index < -0.39 is 0 Å². The maximum absolute atomic E-state index is 12.6. The molecule has 3 rings (SSSR count). The molecule has 3 aromatic rings. The standard InChI is InChI=1S/C23H26N4O/c1-15(2)19-11-7-8-12-20(19)27-22-13-21(25-17(4)26-22)23(28)24-14-18-10-6-5-9-16(18)3/h5-13,15H,14H2,1-4H3,(H,24,28)(H,25,26,27). The van der Waals surface area contributed by atoms with Crippen LogP contribution in [0.1, 0.15) is 52.8 Å². The van der Waals surface area contributed by atoms with E-state index >= 15 is 0 Å². The lowest BCUT2D eigenvalue weighted by atomic mass is 10.0. The molecule has 1 aromatic heterocycles. The maximum atomic E-state index is 12.6. The number of hydrogen-bond donors (Lipinski definition) is 2. The smallest absolute Gasteiger partial charge is 0.270 e. The number of anilines is 2. The van der Waals surface area contributed by atoms with E-state index in [0.29, 0.717) is 29.8 Å². The number of aryl methyl sites for hydroxylation is 2. The van der Waals surface area contributed by atoms with Crippen LogP contribution in [0.15, 0.2) is 54.6 Å². The number of para-hydroxylation sites is 1. The Balaban J connectivity index is 1.78. The molecule has 0 saturated carbocycles. The van der Waals surface area contributed by atoms with Gasteiger partial charge in [0.15, 0.2) is 0 Å². The number of nitrogens with one attached hydrogen (secondary N) is 2. The number of carbonyl (C=O) groups excluding carboxylic acids is 1. The Labute approximate surface area is 166 Å². The lowest BCUT2D eigenvalue weighted by molar-refractivity contribution is 0.0945. The second-order valence-electron chi connectivity index (χ2n) is 7.16. The van der Waals surface area contributed by atoms with Gasteiger partial charge in [0, 0.05) is 18.3 Å². The van der Waals surface area contributed by atoms with Crippen LogP contribution in [-0.2, 0) is 6.54 Å². The summed E-state index contributed by atoms with van der Waals surface area (Å²) >= 11 is 0. The summed E-state index contributed by atoms with van der Waals surface area (Å²) in [5, 5.41) is 6.29. The van der Waals surface area contributed by atoms with Gasteiger partial charge >= 0.3 is 0 Å². The molecular formula is C23H26N4O. The van der Waals surface area contributed by atoms with E-state index in [2.05, 4.69) is 40.5 Å². The van der Waals surface area contributed by atoms with Crippen LogP contribution >= 0.6 is 0 Å². The molecule has 5 heteroatoms.